The first-order chi connectivity index (χ1) is 15.6. The molecule has 174 valence electrons. The van der Waals surface area contributed by atoms with Crippen LogP contribution in [-0.4, -0.2) is 42.6 Å². The van der Waals surface area contributed by atoms with E-state index in [2.05, 4.69) is 4.98 Å². The second kappa shape index (κ2) is 8.58. The van der Waals surface area contributed by atoms with Crippen LogP contribution in [0.2, 0.25) is 0 Å². The molecule has 1 aromatic carbocycles. The molecule has 0 unspecified atom stereocenters. The Bertz CT molecular complexity index is 1320. The Morgan fingerprint density at radius 2 is 1.91 bits per heavy atom. The minimum absolute atomic E-state index is 0.0777. The van der Waals surface area contributed by atoms with Gasteiger partial charge in [0.05, 0.1) is 24.7 Å². The van der Waals surface area contributed by atoms with Crippen LogP contribution in [0, 0.1) is 5.82 Å². The van der Waals surface area contributed by atoms with Gasteiger partial charge in [0.1, 0.15) is 11.6 Å². The standard InChI is InChI=1S/C23H25FN4O4S/c1-14(2)21-20(23(29)32-4)19(15-7-9-16(24)10-8-15)17-6-5-11-28(22(17)26-21)33(30,31)18-12-27(3)13-25-18/h7-10,12-14H,5-6,11H2,1-4H3. The highest BCUT2D eigenvalue weighted by Gasteiger charge is 2.36. The Hall–Kier alpha value is -3.27. The maximum atomic E-state index is 13.7. The van der Waals surface area contributed by atoms with E-state index in [-0.39, 0.29) is 28.9 Å². The molecular weight excluding hydrogens is 447 g/mol. The van der Waals surface area contributed by atoms with Gasteiger partial charge in [-0.3, -0.25) is 0 Å². The summed E-state index contributed by atoms with van der Waals surface area (Å²) in [4.78, 5) is 21.6. The Labute approximate surface area is 192 Å². The molecular formula is C23H25FN4O4S. The number of hydrogen-bond acceptors (Lipinski definition) is 6. The van der Waals surface area contributed by atoms with Gasteiger partial charge in [-0.15, -0.1) is 0 Å². The average Bonchev–Trinajstić information content (AvgIpc) is 3.24. The number of anilines is 1. The second-order valence-electron chi connectivity index (χ2n) is 8.26. The monoisotopic (exact) mass is 472 g/mol. The maximum Gasteiger partial charge on any atom is 0.340 e. The molecule has 3 heterocycles. The lowest BCUT2D eigenvalue weighted by Crippen LogP contribution is -2.37. The number of hydrogen-bond donors (Lipinski definition) is 0. The number of pyridine rings is 1. The molecule has 0 N–H and O–H groups in total. The molecule has 0 saturated carbocycles. The third kappa shape index (κ3) is 3.99. The summed E-state index contributed by atoms with van der Waals surface area (Å²) >= 11 is 0. The highest BCUT2D eigenvalue weighted by atomic mass is 32.2. The van der Waals surface area contributed by atoms with E-state index in [1.54, 1.807) is 23.7 Å². The van der Waals surface area contributed by atoms with Crippen LogP contribution < -0.4 is 4.31 Å². The van der Waals surface area contributed by atoms with Gasteiger partial charge in [0, 0.05) is 30.9 Å². The molecule has 0 amide bonds. The van der Waals surface area contributed by atoms with E-state index in [1.807, 2.05) is 13.8 Å². The molecule has 0 radical (unpaired) electrons. The van der Waals surface area contributed by atoms with Crippen molar-refractivity contribution in [2.45, 2.75) is 37.6 Å². The first-order valence-corrected chi connectivity index (χ1v) is 12.0. The predicted molar refractivity (Wildman–Crippen MR) is 121 cm³/mol. The van der Waals surface area contributed by atoms with Crippen LogP contribution in [0.1, 0.15) is 47.8 Å². The van der Waals surface area contributed by atoms with Crippen molar-refractivity contribution in [2.24, 2.45) is 7.05 Å². The molecule has 33 heavy (non-hydrogen) atoms. The largest absolute Gasteiger partial charge is 0.465 e. The van der Waals surface area contributed by atoms with Crippen molar-refractivity contribution in [3.05, 3.63) is 59.4 Å². The maximum absolute atomic E-state index is 13.7. The first-order valence-electron chi connectivity index (χ1n) is 10.6. The fraction of sp³-hybridized carbons (Fsp3) is 0.348. The number of aromatic nitrogens is 3. The summed E-state index contributed by atoms with van der Waals surface area (Å²) in [6.45, 7) is 3.98. The number of carbonyl (C=O) groups is 1. The second-order valence-corrected chi connectivity index (χ2v) is 10.1. The molecule has 3 aromatic rings. The highest BCUT2D eigenvalue weighted by molar-refractivity contribution is 7.92. The van der Waals surface area contributed by atoms with Crippen molar-refractivity contribution in [1.29, 1.82) is 0 Å². The van der Waals surface area contributed by atoms with Crippen molar-refractivity contribution < 1.29 is 22.3 Å². The van der Waals surface area contributed by atoms with E-state index in [9.17, 15) is 17.6 Å². The predicted octanol–water partition coefficient (Wildman–Crippen LogP) is 3.67. The summed E-state index contributed by atoms with van der Waals surface area (Å²) in [5.74, 6) is -0.921. The summed E-state index contributed by atoms with van der Waals surface area (Å²) < 4.78 is 48.5. The minimum atomic E-state index is -3.98. The normalized spacial score (nSPS) is 13.8. The Balaban J connectivity index is 2.04. The molecule has 0 aliphatic carbocycles. The molecule has 0 fully saturated rings. The third-order valence-corrected chi connectivity index (χ3v) is 7.31. The molecule has 0 atom stereocenters. The smallest absolute Gasteiger partial charge is 0.340 e. The summed E-state index contributed by atoms with van der Waals surface area (Å²) in [7, 11) is -0.994. The number of rotatable bonds is 5. The van der Waals surface area contributed by atoms with Crippen molar-refractivity contribution in [2.75, 3.05) is 18.0 Å². The zero-order valence-electron chi connectivity index (χ0n) is 18.9. The fourth-order valence-electron chi connectivity index (χ4n) is 4.11. The number of benzene rings is 1. The number of esters is 1. The average molecular weight is 473 g/mol. The number of carbonyl (C=O) groups excluding carboxylic acids is 1. The topological polar surface area (TPSA) is 94.4 Å². The zero-order chi connectivity index (χ0) is 23.9. The van der Waals surface area contributed by atoms with Gasteiger partial charge < -0.3 is 9.30 Å². The number of ether oxygens (including phenoxy) is 1. The van der Waals surface area contributed by atoms with Gasteiger partial charge >= 0.3 is 5.97 Å². The number of sulfonamides is 1. The Morgan fingerprint density at radius 1 is 1.21 bits per heavy atom. The molecule has 0 spiro atoms. The molecule has 1 aliphatic heterocycles. The first kappa shape index (κ1) is 22.9. The van der Waals surface area contributed by atoms with E-state index in [4.69, 9.17) is 9.72 Å². The summed E-state index contributed by atoms with van der Waals surface area (Å²) in [6, 6.07) is 5.77. The van der Waals surface area contributed by atoms with E-state index in [0.29, 0.717) is 35.2 Å². The van der Waals surface area contributed by atoms with Gasteiger partial charge in [-0.2, -0.15) is 8.42 Å². The van der Waals surface area contributed by atoms with Gasteiger partial charge in [0.2, 0.25) is 0 Å². The van der Waals surface area contributed by atoms with E-state index < -0.39 is 21.8 Å². The Morgan fingerprint density at radius 3 is 2.48 bits per heavy atom. The molecule has 8 nitrogen and oxygen atoms in total. The summed E-state index contributed by atoms with van der Waals surface area (Å²) in [5, 5.41) is -0.0777. The molecule has 1 aliphatic rings. The van der Waals surface area contributed by atoms with Crippen molar-refractivity contribution in [1.82, 2.24) is 14.5 Å². The quantitative estimate of drug-likeness (QED) is 0.526. The van der Waals surface area contributed by atoms with Crippen molar-refractivity contribution in [3.8, 4) is 11.1 Å². The van der Waals surface area contributed by atoms with Crippen LogP contribution in [0.5, 0.6) is 0 Å². The van der Waals surface area contributed by atoms with Crippen LogP contribution in [-0.2, 0) is 28.2 Å². The zero-order valence-corrected chi connectivity index (χ0v) is 19.7. The summed E-state index contributed by atoms with van der Waals surface area (Å²) in [6.07, 6.45) is 3.90. The fourth-order valence-corrected chi connectivity index (χ4v) is 5.56. The van der Waals surface area contributed by atoms with Crippen LogP contribution in [0.25, 0.3) is 11.1 Å². The van der Waals surface area contributed by atoms with Crippen molar-refractivity contribution in [3.63, 3.8) is 0 Å². The van der Waals surface area contributed by atoms with Crippen LogP contribution in [0.3, 0.4) is 0 Å². The van der Waals surface area contributed by atoms with Crippen LogP contribution >= 0.6 is 0 Å². The lowest BCUT2D eigenvalue weighted by atomic mass is 9.88. The van der Waals surface area contributed by atoms with E-state index in [0.717, 1.165) is 0 Å². The number of methoxy groups -OCH3 is 1. The molecule has 10 heteroatoms. The molecule has 4 rings (SSSR count). The molecule has 0 bridgehead atoms. The van der Waals surface area contributed by atoms with Crippen molar-refractivity contribution >= 4 is 21.8 Å². The van der Waals surface area contributed by atoms with Gasteiger partial charge in [-0.05, 0) is 36.5 Å². The number of halogens is 1. The number of aryl methyl sites for hydroxylation is 1. The van der Waals surface area contributed by atoms with E-state index in [1.165, 1.54) is 36.1 Å². The van der Waals surface area contributed by atoms with Crippen LogP contribution in [0.4, 0.5) is 10.2 Å². The number of nitrogens with zero attached hydrogens (tertiary/aromatic N) is 4. The number of fused-ring (bicyclic) bond motifs is 1. The van der Waals surface area contributed by atoms with Gasteiger partial charge in [0.25, 0.3) is 10.0 Å². The highest BCUT2D eigenvalue weighted by Crippen LogP contribution is 2.41. The SMILES string of the molecule is COC(=O)c1c(C(C)C)nc2c(c1-c1ccc(F)cc1)CCCN2S(=O)(=O)c1cn(C)cn1. The number of imidazole rings is 1. The van der Waals surface area contributed by atoms with Gasteiger partial charge in [-0.1, -0.05) is 26.0 Å². The third-order valence-electron chi connectivity index (χ3n) is 5.63. The lowest BCUT2D eigenvalue weighted by Gasteiger charge is -2.32. The molecule has 2 aromatic heterocycles. The Kier molecular flexibility index (Phi) is 5.96. The van der Waals surface area contributed by atoms with E-state index >= 15 is 0 Å². The van der Waals surface area contributed by atoms with Gasteiger partial charge in [0.15, 0.2) is 5.03 Å². The minimum Gasteiger partial charge on any atom is -0.465 e. The molecule has 0 saturated heterocycles. The summed E-state index contributed by atoms with van der Waals surface area (Å²) in [5.41, 5.74) is 2.42. The van der Waals surface area contributed by atoms with Crippen LogP contribution in [0.15, 0.2) is 41.8 Å². The van der Waals surface area contributed by atoms with Gasteiger partial charge in [-0.25, -0.2) is 23.5 Å². The lowest BCUT2D eigenvalue weighted by molar-refractivity contribution is 0.0599.